The third kappa shape index (κ3) is 2.65. The zero-order valence-corrected chi connectivity index (χ0v) is 10.2. The Kier molecular flexibility index (Phi) is 4.03. The average Bonchev–Trinajstić information content (AvgIpc) is 2.18. The predicted octanol–water partition coefficient (Wildman–Crippen LogP) is 1.95. The second kappa shape index (κ2) is 5.07. The Balaban J connectivity index is 3.16. The van der Waals surface area contributed by atoms with Gasteiger partial charge in [0.15, 0.2) is 0 Å². The van der Waals surface area contributed by atoms with Gasteiger partial charge < -0.3 is 10.6 Å². The number of rotatable bonds is 4. The van der Waals surface area contributed by atoms with E-state index in [2.05, 4.69) is 30.7 Å². The molecule has 0 aliphatic heterocycles. The van der Waals surface area contributed by atoms with Gasteiger partial charge in [0.1, 0.15) is 10.8 Å². The number of thiocarbonyl (C=S) groups is 1. The van der Waals surface area contributed by atoms with E-state index in [1.165, 1.54) is 0 Å². The molecule has 1 aromatic rings. The molecule has 1 rings (SSSR count). The molecule has 0 saturated heterocycles. The molecular formula is C11H17N3S. The van der Waals surface area contributed by atoms with Gasteiger partial charge in [0.05, 0.1) is 5.56 Å². The molecule has 0 fully saturated rings. The first-order chi connectivity index (χ1) is 7.07. The van der Waals surface area contributed by atoms with E-state index < -0.39 is 0 Å². The summed E-state index contributed by atoms with van der Waals surface area (Å²) in [4.78, 5) is 6.93. The molecule has 1 heterocycles. The molecule has 4 heteroatoms. The standard InChI is InChI=1S/C11H17N3S/c1-4-14(8(2)3)11-9(10(12)15)6-5-7-13-11/h5-8H,4H2,1-3H3,(H2,12,15). The van der Waals surface area contributed by atoms with Crippen LogP contribution in [0.15, 0.2) is 18.3 Å². The molecule has 0 amide bonds. The molecule has 1 aromatic heterocycles. The van der Waals surface area contributed by atoms with E-state index in [-0.39, 0.29) is 0 Å². The van der Waals surface area contributed by atoms with Crippen molar-refractivity contribution in [3.8, 4) is 0 Å². The highest BCUT2D eigenvalue weighted by Gasteiger charge is 2.14. The number of nitrogens with two attached hydrogens (primary N) is 1. The summed E-state index contributed by atoms with van der Waals surface area (Å²) in [6.45, 7) is 7.24. The Morgan fingerprint density at radius 2 is 2.27 bits per heavy atom. The first-order valence-corrected chi connectivity index (χ1v) is 5.50. The Hall–Kier alpha value is -1.16. The largest absolute Gasteiger partial charge is 0.389 e. The van der Waals surface area contributed by atoms with Gasteiger partial charge in [0, 0.05) is 18.8 Å². The molecule has 0 saturated carbocycles. The second-order valence-corrected chi connectivity index (χ2v) is 4.06. The summed E-state index contributed by atoms with van der Waals surface area (Å²) in [5.41, 5.74) is 6.52. The number of hydrogen-bond donors (Lipinski definition) is 1. The van der Waals surface area contributed by atoms with E-state index in [0.717, 1.165) is 17.9 Å². The first kappa shape index (κ1) is 11.9. The van der Waals surface area contributed by atoms with Crippen LogP contribution in [0.2, 0.25) is 0 Å². The Morgan fingerprint density at radius 3 is 2.73 bits per heavy atom. The van der Waals surface area contributed by atoms with Crippen LogP contribution < -0.4 is 10.6 Å². The molecule has 0 atom stereocenters. The number of anilines is 1. The smallest absolute Gasteiger partial charge is 0.138 e. The molecule has 82 valence electrons. The molecule has 0 spiro atoms. The monoisotopic (exact) mass is 223 g/mol. The van der Waals surface area contributed by atoms with Crippen LogP contribution >= 0.6 is 12.2 Å². The van der Waals surface area contributed by atoms with Gasteiger partial charge in [0.2, 0.25) is 0 Å². The van der Waals surface area contributed by atoms with Crippen LogP contribution in [-0.2, 0) is 0 Å². The molecule has 0 radical (unpaired) electrons. The van der Waals surface area contributed by atoms with Gasteiger partial charge in [-0.05, 0) is 32.9 Å². The molecule has 0 aliphatic rings. The molecular weight excluding hydrogens is 206 g/mol. The minimum Gasteiger partial charge on any atom is -0.389 e. The highest BCUT2D eigenvalue weighted by atomic mass is 32.1. The summed E-state index contributed by atoms with van der Waals surface area (Å²) >= 11 is 5.01. The minimum atomic E-state index is 0.387. The van der Waals surface area contributed by atoms with E-state index in [9.17, 15) is 0 Å². The van der Waals surface area contributed by atoms with Crippen molar-refractivity contribution in [2.75, 3.05) is 11.4 Å². The topological polar surface area (TPSA) is 42.2 Å². The molecule has 15 heavy (non-hydrogen) atoms. The lowest BCUT2D eigenvalue weighted by atomic mass is 10.2. The fourth-order valence-electron chi connectivity index (χ4n) is 1.58. The van der Waals surface area contributed by atoms with E-state index >= 15 is 0 Å². The Labute approximate surface area is 96.3 Å². The zero-order valence-electron chi connectivity index (χ0n) is 9.40. The van der Waals surface area contributed by atoms with E-state index in [4.69, 9.17) is 18.0 Å². The summed E-state index contributed by atoms with van der Waals surface area (Å²) in [6.07, 6.45) is 1.77. The highest BCUT2D eigenvalue weighted by Crippen LogP contribution is 2.18. The van der Waals surface area contributed by atoms with E-state index in [1.807, 2.05) is 12.1 Å². The molecule has 3 nitrogen and oxygen atoms in total. The summed E-state index contributed by atoms with van der Waals surface area (Å²) in [7, 11) is 0. The van der Waals surface area contributed by atoms with Crippen molar-refractivity contribution in [2.24, 2.45) is 5.73 Å². The molecule has 0 aliphatic carbocycles. The summed E-state index contributed by atoms with van der Waals surface area (Å²) in [6, 6.07) is 4.15. The Bertz CT molecular complexity index is 349. The molecule has 0 bridgehead atoms. The summed E-state index contributed by atoms with van der Waals surface area (Å²) in [5, 5.41) is 0. The summed E-state index contributed by atoms with van der Waals surface area (Å²) in [5.74, 6) is 0.877. The maximum atomic E-state index is 5.67. The van der Waals surface area contributed by atoms with Crippen LogP contribution in [0.5, 0.6) is 0 Å². The van der Waals surface area contributed by atoms with E-state index in [1.54, 1.807) is 6.20 Å². The quantitative estimate of drug-likeness (QED) is 0.792. The fraction of sp³-hybridized carbons (Fsp3) is 0.455. The van der Waals surface area contributed by atoms with Gasteiger partial charge >= 0.3 is 0 Å². The van der Waals surface area contributed by atoms with Crippen molar-refractivity contribution in [2.45, 2.75) is 26.8 Å². The van der Waals surface area contributed by atoms with Crippen molar-refractivity contribution in [3.05, 3.63) is 23.9 Å². The number of hydrogen-bond acceptors (Lipinski definition) is 3. The third-order valence-corrected chi connectivity index (χ3v) is 2.51. The van der Waals surface area contributed by atoms with Crippen molar-refractivity contribution in [3.63, 3.8) is 0 Å². The van der Waals surface area contributed by atoms with Gasteiger partial charge in [-0.2, -0.15) is 0 Å². The maximum absolute atomic E-state index is 5.67. The maximum Gasteiger partial charge on any atom is 0.138 e. The summed E-state index contributed by atoms with van der Waals surface area (Å²) < 4.78 is 0. The van der Waals surface area contributed by atoms with Crippen LogP contribution in [0.25, 0.3) is 0 Å². The van der Waals surface area contributed by atoms with Crippen LogP contribution in [0, 0.1) is 0 Å². The molecule has 2 N–H and O–H groups in total. The average molecular weight is 223 g/mol. The lowest BCUT2D eigenvalue weighted by Crippen LogP contribution is -2.33. The van der Waals surface area contributed by atoms with Crippen molar-refractivity contribution in [1.82, 2.24) is 4.98 Å². The highest BCUT2D eigenvalue weighted by molar-refractivity contribution is 7.80. The Morgan fingerprint density at radius 1 is 1.60 bits per heavy atom. The lowest BCUT2D eigenvalue weighted by molar-refractivity contribution is 0.693. The molecule has 0 aromatic carbocycles. The second-order valence-electron chi connectivity index (χ2n) is 3.62. The number of pyridine rings is 1. The third-order valence-electron chi connectivity index (χ3n) is 2.29. The number of aromatic nitrogens is 1. The van der Waals surface area contributed by atoms with Crippen molar-refractivity contribution < 1.29 is 0 Å². The van der Waals surface area contributed by atoms with Crippen LogP contribution in [0.3, 0.4) is 0 Å². The number of nitrogens with zero attached hydrogens (tertiary/aromatic N) is 2. The van der Waals surface area contributed by atoms with E-state index in [0.29, 0.717) is 11.0 Å². The normalized spacial score (nSPS) is 10.4. The minimum absolute atomic E-state index is 0.387. The van der Waals surface area contributed by atoms with Gasteiger partial charge in [-0.15, -0.1) is 0 Å². The van der Waals surface area contributed by atoms with Gasteiger partial charge in [-0.1, -0.05) is 12.2 Å². The van der Waals surface area contributed by atoms with Crippen LogP contribution in [0.4, 0.5) is 5.82 Å². The zero-order chi connectivity index (χ0) is 11.4. The lowest BCUT2D eigenvalue weighted by Gasteiger charge is -2.27. The SMILES string of the molecule is CCN(c1ncccc1C(N)=S)C(C)C. The van der Waals surface area contributed by atoms with Crippen LogP contribution in [0.1, 0.15) is 26.3 Å². The van der Waals surface area contributed by atoms with Gasteiger partial charge in [-0.25, -0.2) is 4.98 Å². The van der Waals surface area contributed by atoms with Gasteiger partial charge in [-0.3, -0.25) is 0 Å². The van der Waals surface area contributed by atoms with Crippen molar-refractivity contribution >= 4 is 23.0 Å². The first-order valence-electron chi connectivity index (χ1n) is 5.09. The predicted molar refractivity (Wildman–Crippen MR) is 68.3 cm³/mol. The van der Waals surface area contributed by atoms with Crippen LogP contribution in [-0.4, -0.2) is 22.6 Å². The molecule has 0 unspecified atom stereocenters. The fourth-order valence-corrected chi connectivity index (χ4v) is 1.74. The van der Waals surface area contributed by atoms with Crippen molar-refractivity contribution in [1.29, 1.82) is 0 Å². The van der Waals surface area contributed by atoms with Gasteiger partial charge in [0.25, 0.3) is 0 Å².